The highest BCUT2D eigenvalue weighted by atomic mass is 35.5. The molecule has 88 valence electrons. The van der Waals surface area contributed by atoms with Gasteiger partial charge >= 0.3 is 0 Å². The molecule has 0 saturated carbocycles. The lowest BCUT2D eigenvalue weighted by molar-refractivity contribution is 0.238. The quantitative estimate of drug-likeness (QED) is 0.844. The average Bonchev–Trinajstić information content (AvgIpc) is 2.77. The van der Waals surface area contributed by atoms with Gasteiger partial charge in [-0.05, 0) is 30.2 Å². The first-order valence-electron chi connectivity index (χ1n) is 5.59. The fourth-order valence-electron chi connectivity index (χ4n) is 2.23. The molecule has 1 aromatic carbocycles. The Morgan fingerprint density at radius 3 is 2.94 bits per heavy atom. The third kappa shape index (κ3) is 2.32. The molecule has 0 spiro atoms. The Bertz CT molecular complexity index is 370. The Labute approximate surface area is 101 Å². The van der Waals surface area contributed by atoms with Crippen molar-refractivity contribution in [3.63, 3.8) is 0 Å². The molecule has 0 bridgehead atoms. The Morgan fingerprint density at radius 1 is 1.50 bits per heavy atom. The topological polar surface area (TPSA) is 49.5 Å². The van der Waals surface area contributed by atoms with Gasteiger partial charge in [0.25, 0.3) is 0 Å². The summed E-state index contributed by atoms with van der Waals surface area (Å²) >= 11 is 5.94. The van der Waals surface area contributed by atoms with Crippen LogP contribution in [0.3, 0.4) is 0 Å². The van der Waals surface area contributed by atoms with Crippen LogP contribution in [-0.2, 0) is 6.54 Å². The van der Waals surface area contributed by atoms with Crippen LogP contribution < -0.4 is 10.6 Å². The van der Waals surface area contributed by atoms with Crippen LogP contribution in [0.25, 0.3) is 0 Å². The second-order valence-corrected chi connectivity index (χ2v) is 4.70. The van der Waals surface area contributed by atoms with E-state index in [9.17, 15) is 0 Å². The van der Waals surface area contributed by atoms with Crippen molar-refractivity contribution in [1.82, 2.24) is 0 Å². The van der Waals surface area contributed by atoms with Crippen molar-refractivity contribution in [3.8, 4) is 0 Å². The first-order valence-corrected chi connectivity index (χ1v) is 5.96. The fourth-order valence-corrected chi connectivity index (χ4v) is 2.42. The van der Waals surface area contributed by atoms with E-state index in [1.807, 2.05) is 18.2 Å². The third-order valence-corrected chi connectivity index (χ3v) is 3.38. The van der Waals surface area contributed by atoms with Gasteiger partial charge < -0.3 is 15.7 Å². The molecule has 0 aliphatic carbocycles. The Morgan fingerprint density at radius 2 is 2.31 bits per heavy atom. The van der Waals surface area contributed by atoms with Gasteiger partial charge in [-0.2, -0.15) is 0 Å². The minimum atomic E-state index is 0.266. The van der Waals surface area contributed by atoms with Gasteiger partial charge in [0.15, 0.2) is 0 Å². The molecule has 1 fully saturated rings. The normalized spacial score (nSPS) is 20.4. The standard InChI is InChI=1S/C12H17ClN2O/c13-11-1-2-12(10(5-11)6-14)15-4-3-9(7-15)8-16/h1-2,5,9,16H,3-4,6-8,14H2. The van der Waals surface area contributed by atoms with Crippen molar-refractivity contribution < 1.29 is 5.11 Å². The van der Waals surface area contributed by atoms with E-state index in [2.05, 4.69) is 4.90 Å². The zero-order valence-corrected chi connectivity index (χ0v) is 9.95. The first kappa shape index (κ1) is 11.7. The number of benzene rings is 1. The lowest BCUT2D eigenvalue weighted by Gasteiger charge is -2.21. The Kier molecular flexibility index (Phi) is 3.69. The minimum Gasteiger partial charge on any atom is -0.396 e. The summed E-state index contributed by atoms with van der Waals surface area (Å²) in [7, 11) is 0. The maximum atomic E-state index is 9.13. The summed E-state index contributed by atoms with van der Waals surface area (Å²) < 4.78 is 0. The summed E-state index contributed by atoms with van der Waals surface area (Å²) in [6.07, 6.45) is 1.04. The first-order chi connectivity index (χ1) is 7.74. The molecule has 1 atom stereocenters. The van der Waals surface area contributed by atoms with Gasteiger partial charge in [-0.25, -0.2) is 0 Å². The molecular formula is C12H17ClN2O. The van der Waals surface area contributed by atoms with Gasteiger partial charge in [0.2, 0.25) is 0 Å². The highest BCUT2D eigenvalue weighted by Gasteiger charge is 2.23. The number of aliphatic hydroxyl groups excluding tert-OH is 1. The van der Waals surface area contributed by atoms with E-state index < -0.39 is 0 Å². The number of nitrogens with zero attached hydrogens (tertiary/aromatic N) is 1. The summed E-state index contributed by atoms with van der Waals surface area (Å²) in [5, 5.41) is 9.85. The predicted molar refractivity (Wildman–Crippen MR) is 66.7 cm³/mol. The molecule has 2 rings (SSSR count). The van der Waals surface area contributed by atoms with Crippen molar-refractivity contribution in [2.45, 2.75) is 13.0 Å². The van der Waals surface area contributed by atoms with Crippen LogP contribution in [0.2, 0.25) is 5.02 Å². The Balaban J connectivity index is 2.20. The fraction of sp³-hybridized carbons (Fsp3) is 0.500. The molecule has 0 aromatic heterocycles. The van der Waals surface area contributed by atoms with E-state index in [-0.39, 0.29) is 6.61 Å². The van der Waals surface area contributed by atoms with E-state index >= 15 is 0 Å². The highest BCUT2D eigenvalue weighted by molar-refractivity contribution is 6.30. The van der Waals surface area contributed by atoms with Crippen molar-refractivity contribution in [3.05, 3.63) is 28.8 Å². The summed E-state index contributed by atoms with van der Waals surface area (Å²) in [5.41, 5.74) is 7.95. The minimum absolute atomic E-state index is 0.266. The molecule has 3 N–H and O–H groups in total. The van der Waals surface area contributed by atoms with Crippen molar-refractivity contribution in [1.29, 1.82) is 0 Å². The van der Waals surface area contributed by atoms with E-state index in [0.717, 1.165) is 35.8 Å². The van der Waals surface area contributed by atoms with Crippen LogP contribution in [0.1, 0.15) is 12.0 Å². The zero-order valence-electron chi connectivity index (χ0n) is 9.19. The monoisotopic (exact) mass is 240 g/mol. The smallest absolute Gasteiger partial charge is 0.0476 e. The number of aliphatic hydroxyl groups is 1. The summed E-state index contributed by atoms with van der Waals surface area (Å²) in [6, 6.07) is 5.83. The van der Waals surface area contributed by atoms with Gasteiger partial charge in [0.1, 0.15) is 0 Å². The maximum Gasteiger partial charge on any atom is 0.0476 e. The molecule has 1 heterocycles. The SMILES string of the molecule is NCc1cc(Cl)ccc1N1CCC(CO)C1. The number of halogens is 1. The average molecular weight is 241 g/mol. The molecule has 1 aromatic rings. The van der Waals surface area contributed by atoms with Crippen LogP contribution in [0.4, 0.5) is 5.69 Å². The van der Waals surface area contributed by atoms with Crippen molar-refractivity contribution in [2.75, 3.05) is 24.6 Å². The Hall–Kier alpha value is -0.770. The lowest BCUT2D eigenvalue weighted by atomic mass is 10.1. The predicted octanol–water partition coefficient (Wildman–Crippen LogP) is 1.62. The van der Waals surface area contributed by atoms with Gasteiger partial charge in [-0.3, -0.25) is 0 Å². The van der Waals surface area contributed by atoms with Crippen LogP contribution in [0, 0.1) is 5.92 Å². The number of rotatable bonds is 3. The largest absolute Gasteiger partial charge is 0.396 e. The van der Waals surface area contributed by atoms with E-state index in [1.54, 1.807) is 0 Å². The number of hydrogen-bond acceptors (Lipinski definition) is 3. The van der Waals surface area contributed by atoms with Crippen LogP contribution in [0.15, 0.2) is 18.2 Å². The summed E-state index contributed by atoms with van der Waals surface area (Å²) in [5.74, 6) is 0.390. The number of anilines is 1. The van der Waals surface area contributed by atoms with Crippen molar-refractivity contribution in [2.24, 2.45) is 11.7 Å². The molecule has 1 saturated heterocycles. The van der Waals surface area contributed by atoms with E-state index in [0.29, 0.717) is 12.5 Å². The highest BCUT2D eigenvalue weighted by Crippen LogP contribution is 2.28. The molecule has 16 heavy (non-hydrogen) atoms. The molecule has 4 heteroatoms. The van der Waals surface area contributed by atoms with Gasteiger partial charge in [-0.1, -0.05) is 11.6 Å². The molecule has 0 radical (unpaired) electrons. The molecule has 0 amide bonds. The second kappa shape index (κ2) is 5.04. The van der Waals surface area contributed by atoms with Crippen LogP contribution >= 0.6 is 11.6 Å². The molecule has 1 aliphatic rings. The summed E-state index contributed by atoms with van der Waals surface area (Å²) in [4.78, 5) is 2.28. The zero-order chi connectivity index (χ0) is 11.5. The lowest BCUT2D eigenvalue weighted by Crippen LogP contribution is -2.22. The number of hydrogen-bond donors (Lipinski definition) is 2. The number of nitrogens with two attached hydrogens (primary N) is 1. The van der Waals surface area contributed by atoms with Gasteiger partial charge in [-0.15, -0.1) is 0 Å². The van der Waals surface area contributed by atoms with Crippen molar-refractivity contribution >= 4 is 17.3 Å². The molecule has 3 nitrogen and oxygen atoms in total. The molecule has 1 unspecified atom stereocenters. The third-order valence-electron chi connectivity index (χ3n) is 3.15. The summed E-state index contributed by atoms with van der Waals surface area (Å²) in [6.45, 7) is 2.66. The van der Waals surface area contributed by atoms with Gasteiger partial charge in [0.05, 0.1) is 0 Å². The maximum absolute atomic E-state index is 9.13. The second-order valence-electron chi connectivity index (χ2n) is 4.26. The molecular weight excluding hydrogens is 224 g/mol. The van der Waals surface area contributed by atoms with E-state index in [4.69, 9.17) is 22.4 Å². The van der Waals surface area contributed by atoms with Gasteiger partial charge in [0, 0.05) is 42.9 Å². The van der Waals surface area contributed by atoms with Crippen LogP contribution in [-0.4, -0.2) is 24.8 Å². The van der Waals surface area contributed by atoms with E-state index in [1.165, 1.54) is 0 Å². The molecule has 1 aliphatic heterocycles. The van der Waals surface area contributed by atoms with Crippen LogP contribution in [0.5, 0.6) is 0 Å².